The van der Waals surface area contributed by atoms with Crippen LogP contribution in [-0.2, 0) is 10.5 Å². The minimum atomic E-state index is -0.122. The number of halogens is 1. The van der Waals surface area contributed by atoms with Crippen molar-refractivity contribution in [2.24, 2.45) is 0 Å². The molecular formula is C21H23ClN2O2S. The van der Waals surface area contributed by atoms with Gasteiger partial charge in [0.25, 0.3) is 5.91 Å². The average Bonchev–Trinajstić information content (AvgIpc) is 3.15. The van der Waals surface area contributed by atoms with Gasteiger partial charge >= 0.3 is 0 Å². The molecule has 2 amide bonds. The molecule has 0 aliphatic heterocycles. The molecule has 0 aromatic heterocycles. The summed E-state index contributed by atoms with van der Waals surface area (Å²) in [5.74, 6) is 0.774. The van der Waals surface area contributed by atoms with Crippen LogP contribution in [0.4, 0.5) is 5.69 Å². The van der Waals surface area contributed by atoms with E-state index in [0.717, 1.165) is 31.2 Å². The van der Waals surface area contributed by atoms with Crippen LogP contribution in [0.3, 0.4) is 0 Å². The van der Waals surface area contributed by atoms with Gasteiger partial charge in [-0.2, -0.15) is 0 Å². The first-order chi connectivity index (χ1) is 13.1. The second-order valence-corrected chi connectivity index (χ2v) is 8.09. The molecule has 0 unspecified atom stereocenters. The Bertz CT molecular complexity index is 806. The van der Waals surface area contributed by atoms with Gasteiger partial charge in [-0.25, -0.2) is 0 Å². The van der Waals surface area contributed by atoms with Crippen molar-refractivity contribution in [1.29, 1.82) is 0 Å². The van der Waals surface area contributed by atoms with Crippen LogP contribution in [0.5, 0.6) is 0 Å². The van der Waals surface area contributed by atoms with E-state index in [1.54, 1.807) is 12.1 Å². The van der Waals surface area contributed by atoms with E-state index in [1.807, 2.05) is 36.4 Å². The summed E-state index contributed by atoms with van der Waals surface area (Å²) in [5.41, 5.74) is 2.15. The topological polar surface area (TPSA) is 58.2 Å². The lowest BCUT2D eigenvalue weighted by Gasteiger charge is -2.15. The lowest BCUT2D eigenvalue weighted by molar-refractivity contribution is -0.113. The fourth-order valence-corrected chi connectivity index (χ4v) is 4.19. The molecule has 0 saturated heterocycles. The lowest BCUT2D eigenvalue weighted by atomic mass is 10.1. The number of benzene rings is 2. The molecule has 1 aliphatic carbocycles. The van der Waals surface area contributed by atoms with Crippen LogP contribution in [0.15, 0.2) is 48.5 Å². The highest BCUT2D eigenvalue weighted by Crippen LogP contribution is 2.21. The maximum absolute atomic E-state index is 12.6. The van der Waals surface area contributed by atoms with Crippen molar-refractivity contribution < 1.29 is 9.59 Å². The molecule has 1 fully saturated rings. The molecular weight excluding hydrogens is 380 g/mol. The summed E-state index contributed by atoms with van der Waals surface area (Å²) in [6.07, 6.45) is 4.38. The molecule has 27 heavy (non-hydrogen) atoms. The molecule has 2 aromatic rings. The number of hydrogen-bond donors (Lipinski definition) is 2. The first-order valence-electron chi connectivity index (χ1n) is 9.14. The minimum Gasteiger partial charge on any atom is -0.349 e. The summed E-state index contributed by atoms with van der Waals surface area (Å²) in [4.78, 5) is 24.9. The quantitative estimate of drug-likeness (QED) is 0.693. The Morgan fingerprint density at radius 3 is 2.63 bits per heavy atom. The summed E-state index contributed by atoms with van der Waals surface area (Å²) in [5, 5.41) is 6.63. The Hall–Kier alpha value is -1.98. The molecule has 3 rings (SSSR count). The van der Waals surface area contributed by atoms with Gasteiger partial charge in [0.15, 0.2) is 0 Å². The molecule has 1 saturated carbocycles. The molecule has 6 heteroatoms. The molecule has 2 aromatic carbocycles. The van der Waals surface area contributed by atoms with Gasteiger partial charge in [-0.1, -0.05) is 48.7 Å². The third-order valence-corrected chi connectivity index (χ3v) is 5.77. The van der Waals surface area contributed by atoms with Gasteiger partial charge in [0, 0.05) is 16.8 Å². The SMILES string of the molecule is O=C(CSCc1cccc(Cl)c1)Nc1ccccc1C(=O)NC1CCCC1. The highest BCUT2D eigenvalue weighted by Gasteiger charge is 2.20. The highest BCUT2D eigenvalue weighted by molar-refractivity contribution is 7.99. The van der Waals surface area contributed by atoms with Crippen molar-refractivity contribution >= 4 is 40.9 Å². The van der Waals surface area contributed by atoms with Crippen molar-refractivity contribution in [2.75, 3.05) is 11.1 Å². The number of rotatable bonds is 7. The van der Waals surface area contributed by atoms with Gasteiger partial charge in [0.2, 0.25) is 5.91 Å². The van der Waals surface area contributed by atoms with Crippen molar-refractivity contribution in [3.63, 3.8) is 0 Å². The van der Waals surface area contributed by atoms with Crippen molar-refractivity contribution in [1.82, 2.24) is 5.32 Å². The fourth-order valence-electron chi connectivity index (χ4n) is 3.20. The molecule has 0 radical (unpaired) electrons. The third kappa shape index (κ3) is 6.01. The predicted octanol–water partition coefficient (Wildman–Crippen LogP) is 4.88. The smallest absolute Gasteiger partial charge is 0.253 e. The molecule has 0 bridgehead atoms. The maximum Gasteiger partial charge on any atom is 0.253 e. The van der Waals surface area contributed by atoms with Crippen LogP contribution >= 0.6 is 23.4 Å². The van der Waals surface area contributed by atoms with E-state index in [1.165, 1.54) is 11.8 Å². The molecule has 0 atom stereocenters. The van der Waals surface area contributed by atoms with Crippen LogP contribution in [0.2, 0.25) is 5.02 Å². The van der Waals surface area contributed by atoms with Gasteiger partial charge in [-0.15, -0.1) is 11.8 Å². The van der Waals surface area contributed by atoms with Crippen LogP contribution in [-0.4, -0.2) is 23.6 Å². The minimum absolute atomic E-state index is 0.121. The fraction of sp³-hybridized carbons (Fsp3) is 0.333. The zero-order chi connectivity index (χ0) is 19.1. The average molecular weight is 403 g/mol. The van der Waals surface area contributed by atoms with Gasteiger partial charge in [0.1, 0.15) is 0 Å². The van der Waals surface area contributed by atoms with E-state index < -0.39 is 0 Å². The molecule has 1 aliphatic rings. The Balaban J connectivity index is 1.53. The Labute approximate surface area is 169 Å². The van der Waals surface area contributed by atoms with Crippen molar-refractivity contribution in [2.45, 2.75) is 37.5 Å². The van der Waals surface area contributed by atoms with Gasteiger partial charge in [-0.05, 0) is 42.7 Å². The maximum atomic E-state index is 12.6. The zero-order valence-electron chi connectivity index (χ0n) is 15.0. The monoisotopic (exact) mass is 402 g/mol. The second kappa shape index (κ2) is 9.81. The number of thioether (sulfide) groups is 1. The van der Waals surface area contributed by atoms with E-state index in [4.69, 9.17) is 11.6 Å². The van der Waals surface area contributed by atoms with E-state index in [2.05, 4.69) is 10.6 Å². The summed E-state index contributed by atoms with van der Waals surface area (Å²) in [6.45, 7) is 0. The Morgan fingerprint density at radius 1 is 1.07 bits per heavy atom. The molecule has 0 heterocycles. The van der Waals surface area contributed by atoms with Crippen LogP contribution in [0, 0.1) is 0 Å². The Morgan fingerprint density at radius 2 is 1.85 bits per heavy atom. The largest absolute Gasteiger partial charge is 0.349 e. The number of hydrogen-bond acceptors (Lipinski definition) is 3. The number of amides is 2. The zero-order valence-corrected chi connectivity index (χ0v) is 16.6. The summed E-state index contributed by atoms with van der Waals surface area (Å²) in [7, 11) is 0. The third-order valence-electron chi connectivity index (χ3n) is 4.53. The van der Waals surface area contributed by atoms with E-state index in [-0.39, 0.29) is 17.9 Å². The van der Waals surface area contributed by atoms with Gasteiger partial charge < -0.3 is 10.6 Å². The molecule has 4 nitrogen and oxygen atoms in total. The van der Waals surface area contributed by atoms with Crippen LogP contribution < -0.4 is 10.6 Å². The number of carbonyl (C=O) groups is 2. The Kier molecular flexibility index (Phi) is 7.18. The normalized spacial score (nSPS) is 14.1. The van der Waals surface area contributed by atoms with Crippen molar-refractivity contribution in [3.05, 3.63) is 64.7 Å². The molecule has 0 spiro atoms. The molecule has 2 N–H and O–H groups in total. The molecule has 142 valence electrons. The summed E-state index contributed by atoms with van der Waals surface area (Å²) >= 11 is 7.49. The number of carbonyl (C=O) groups excluding carboxylic acids is 2. The summed E-state index contributed by atoms with van der Waals surface area (Å²) < 4.78 is 0. The van der Waals surface area contributed by atoms with Gasteiger partial charge in [0.05, 0.1) is 17.0 Å². The first kappa shape index (κ1) is 19.8. The number of nitrogens with one attached hydrogen (secondary N) is 2. The van der Waals surface area contributed by atoms with E-state index in [9.17, 15) is 9.59 Å². The van der Waals surface area contributed by atoms with Crippen molar-refractivity contribution in [3.8, 4) is 0 Å². The van der Waals surface area contributed by atoms with E-state index in [0.29, 0.717) is 27.8 Å². The first-order valence-corrected chi connectivity index (χ1v) is 10.7. The van der Waals surface area contributed by atoms with Gasteiger partial charge in [-0.3, -0.25) is 9.59 Å². The summed E-state index contributed by atoms with van der Waals surface area (Å²) in [6, 6.07) is 15.0. The second-order valence-electron chi connectivity index (χ2n) is 6.67. The number of para-hydroxylation sites is 1. The lowest BCUT2D eigenvalue weighted by Crippen LogP contribution is -2.33. The van der Waals surface area contributed by atoms with E-state index >= 15 is 0 Å². The standard InChI is InChI=1S/C21H23ClN2O2S/c22-16-7-5-6-15(12-16)13-27-14-20(25)24-19-11-4-3-10-18(19)21(26)23-17-8-1-2-9-17/h3-7,10-12,17H,1-2,8-9,13-14H2,(H,23,26)(H,24,25). The number of anilines is 1. The predicted molar refractivity (Wildman–Crippen MR) is 112 cm³/mol. The highest BCUT2D eigenvalue weighted by atomic mass is 35.5. The van der Waals surface area contributed by atoms with Crippen LogP contribution in [0.25, 0.3) is 0 Å². The van der Waals surface area contributed by atoms with Crippen LogP contribution in [0.1, 0.15) is 41.6 Å².